The van der Waals surface area contributed by atoms with E-state index in [1.807, 2.05) is 60.0 Å². The van der Waals surface area contributed by atoms with Gasteiger partial charge in [0.2, 0.25) is 11.8 Å². The number of nitrogens with zero attached hydrogens (tertiary/aromatic N) is 3. The van der Waals surface area contributed by atoms with E-state index < -0.39 is 0 Å². The van der Waals surface area contributed by atoms with Crippen molar-refractivity contribution in [3.8, 4) is 11.3 Å². The van der Waals surface area contributed by atoms with Gasteiger partial charge in [-0.1, -0.05) is 48.5 Å². The molecule has 152 valence electrons. The van der Waals surface area contributed by atoms with Gasteiger partial charge in [0.25, 0.3) is 0 Å². The predicted molar refractivity (Wildman–Crippen MR) is 122 cm³/mol. The highest BCUT2D eigenvalue weighted by Gasteiger charge is 2.22. The van der Waals surface area contributed by atoms with Crippen molar-refractivity contribution in [2.75, 3.05) is 22.9 Å². The van der Waals surface area contributed by atoms with Crippen molar-refractivity contribution in [3.05, 3.63) is 78.2 Å². The van der Waals surface area contributed by atoms with E-state index in [1.165, 1.54) is 11.3 Å². The van der Waals surface area contributed by atoms with E-state index in [4.69, 9.17) is 0 Å². The van der Waals surface area contributed by atoms with E-state index in [1.54, 1.807) is 15.9 Å². The third-order valence-electron chi connectivity index (χ3n) is 5.08. The molecule has 1 saturated heterocycles. The van der Waals surface area contributed by atoms with Crippen molar-refractivity contribution in [2.24, 2.45) is 0 Å². The van der Waals surface area contributed by atoms with Crippen LogP contribution >= 0.6 is 11.3 Å². The molecule has 6 heteroatoms. The molecule has 1 aliphatic heterocycles. The molecule has 2 amide bonds. The molecule has 0 aliphatic carbocycles. The van der Waals surface area contributed by atoms with Crippen LogP contribution in [0.2, 0.25) is 0 Å². The van der Waals surface area contributed by atoms with E-state index in [-0.39, 0.29) is 18.2 Å². The maximum absolute atomic E-state index is 13.0. The largest absolute Gasteiger partial charge is 0.312 e. The Hall–Kier alpha value is -3.25. The molecule has 0 bridgehead atoms. The van der Waals surface area contributed by atoms with Crippen LogP contribution < -0.4 is 9.80 Å². The number of amides is 2. The minimum atomic E-state index is -0.0335. The molecule has 0 saturated carbocycles. The van der Waals surface area contributed by atoms with Crippen molar-refractivity contribution in [1.29, 1.82) is 0 Å². The number of carbonyl (C=O) groups excluding carboxylic acids is 2. The van der Waals surface area contributed by atoms with Crippen molar-refractivity contribution < 1.29 is 9.59 Å². The molecule has 0 N–H and O–H groups in total. The maximum atomic E-state index is 13.0. The number of aromatic nitrogens is 1. The maximum Gasteiger partial charge on any atom is 0.233 e. The second-order valence-corrected chi connectivity index (χ2v) is 8.00. The van der Waals surface area contributed by atoms with Gasteiger partial charge >= 0.3 is 0 Å². The first kappa shape index (κ1) is 20.0. The van der Waals surface area contributed by atoms with Crippen molar-refractivity contribution >= 4 is 34.0 Å². The van der Waals surface area contributed by atoms with Crippen LogP contribution in [0, 0.1) is 0 Å². The number of thiazole rings is 1. The van der Waals surface area contributed by atoms with Crippen molar-refractivity contribution in [1.82, 2.24) is 4.98 Å². The molecule has 3 aromatic rings. The lowest BCUT2D eigenvalue weighted by molar-refractivity contribution is -0.118. The summed E-state index contributed by atoms with van der Waals surface area (Å²) >= 11 is 1.45. The van der Waals surface area contributed by atoms with Crippen LogP contribution in [-0.4, -0.2) is 29.9 Å². The highest BCUT2D eigenvalue weighted by Crippen LogP contribution is 2.28. The van der Waals surface area contributed by atoms with E-state index in [0.717, 1.165) is 35.5 Å². The summed E-state index contributed by atoms with van der Waals surface area (Å²) in [6.07, 6.45) is 3.48. The highest BCUT2D eigenvalue weighted by atomic mass is 32.1. The van der Waals surface area contributed by atoms with Crippen LogP contribution in [0.4, 0.5) is 10.8 Å². The standard InChI is InChI=1S/C24H23N3O2S/c1-2-14-27(24-25-21(17-30-24)19-7-4-3-5-8-19)23(29)16-18-10-12-20(13-11-18)26-15-6-9-22(26)28/h2-5,7-8,10-13,17H,1,6,9,14-16H2. The van der Waals surface area contributed by atoms with Crippen LogP contribution in [0.15, 0.2) is 72.6 Å². The Kier molecular flexibility index (Phi) is 6.05. The fourth-order valence-electron chi connectivity index (χ4n) is 3.53. The summed E-state index contributed by atoms with van der Waals surface area (Å²) in [4.78, 5) is 33.1. The Morgan fingerprint density at radius 3 is 2.60 bits per heavy atom. The Morgan fingerprint density at radius 1 is 1.17 bits per heavy atom. The number of hydrogen-bond acceptors (Lipinski definition) is 4. The summed E-state index contributed by atoms with van der Waals surface area (Å²) in [5, 5.41) is 2.63. The number of rotatable bonds is 7. The first-order valence-corrected chi connectivity index (χ1v) is 10.8. The number of anilines is 2. The Morgan fingerprint density at radius 2 is 1.93 bits per heavy atom. The van der Waals surface area contributed by atoms with Crippen LogP contribution in [0.1, 0.15) is 18.4 Å². The summed E-state index contributed by atoms with van der Waals surface area (Å²) in [7, 11) is 0. The van der Waals surface area contributed by atoms with Gasteiger partial charge in [-0.25, -0.2) is 4.98 Å². The topological polar surface area (TPSA) is 53.5 Å². The van der Waals surface area contributed by atoms with E-state index in [2.05, 4.69) is 11.6 Å². The van der Waals surface area contributed by atoms with Gasteiger partial charge in [-0.3, -0.25) is 14.5 Å². The van der Waals surface area contributed by atoms with Crippen LogP contribution in [0.3, 0.4) is 0 Å². The third kappa shape index (κ3) is 4.33. The van der Waals surface area contributed by atoms with Gasteiger partial charge in [-0.2, -0.15) is 0 Å². The summed E-state index contributed by atoms with van der Waals surface area (Å²) < 4.78 is 0. The molecular weight excluding hydrogens is 394 g/mol. The summed E-state index contributed by atoms with van der Waals surface area (Å²) in [6.45, 7) is 4.95. The molecule has 30 heavy (non-hydrogen) atoms. The lowest BCUT2D eigenvalue weighted by Crippen LogP contribution is -2.32. The lowest BCUT2D eigenvalue weighted by Gasteiger charge is -2.19. The van der Waals surface area contributed by atoms with Crippen LogP contribution in [-0.2, 0) is 16.0 Å². The summed E-state index contributed by atoms with van der Waals surface area (Å²) in [5.41, 5.74) is 3.68. The van der Waals surface area contributed by atoms with Gasteiger partial charge in [0, 0.05) is 36.1 Å². The number of benzene rings is 2. The van der Waals surface area contributed by atoms with Gasteiger partial charge in [0.1, 0.15) is 0 Å². The molecule has 2 aromatic carbocycles. The van der Waals surface area contributed by atoms with E-state index in [9.17, 15) is 9.59 Å². The fraction of sp³-hybridized carbons (Fsp3) is 0.208. The lowest BCUT2D eigenvalue weighted by atomic mass is 10.1. The normalized spacial score (nSPS) is 13.5. The van der Waals surface area contributed by atoms with Gasteiger partial charge < -0.3 is 4.90 Å². The first-order chi connectivity index (χ1) is 14.7. The zero-order valence-corrected chi connectivity index (χ0v) is 17.5. The van der Waals surface area contributed by atoms with E-state index in [0.29, 0.717) is 18.1 Å². The molecule has 1 aromatic heterocycles. The predicted octanol–water partition coefficient (Wildman–Crippen LogP) is 4.70. The second kappa shape index (κ2) is 9.05. The first-order valence-electron chi connectivity index (χ1n) is 9.97. The molecule has 5 nitrogen and oxygen atoms in total. The van der Waals surface area contributed by atoms with Gasteiger partial charge in [0.15, 0.2) is 5.13 Å². The highest BCUT2D eigenvalue weighted by molar-refractivity contribution is 7.14. The molecule has 0 unspecified atom stereocenters. The Bertz CT molecular complexity index is 1040. The molecule has 0 atom stereocenters. The molecule has 1 aliphatic rings. The van der Waals surface area contributed by atoms with Gasteiger partial charge in [0.05, 0.1) is 12.1 Å². The molecule has 4 rings (SSSR count). The Labute approximate surface area is 180 Å². The molecule has 0 spiro atoms. The minimum absolute atomic E-state index is 0.0335. The summed E-state index contributed by atoms with van der Waals surface area (Å²) in [5.74, 6) is 0.128. The SMILES string of the molecule is C=CCN(C(=O)Cc1ccc(N2CCCC2=O)cc1)c1nc(-c2ccccc2)cs1. The average molecular weight is 418 g/mol. The third-order valence-corrected chi connectivity index (χ3v) is 5.95. The molecule has 0 radical (unpaired) electrons. The Balaban J connectivity index is 1.48. The number of carbonyl (C=O) groups is 2. The molecular formula is C24H23N3O2S. The van der Waals surface area contributed by atoms with Crippen molar-refractivity contribution in [3.63, 3.8) is 0 Å². The zero-order valence-electron chi connectivity index (χ0n) is 16.7. The quantitative estimate of drug-likeness (QED) is 0.524. The van der Waals surface area contributed by atoms with Gasteiger partial charge in [-0.05, 0) is 24.1 Å². The van der Waals surface area contributed by atoms with Gasteiger partial charge in [-0.15, -0.1) is 17.9 Å². The van der Waals surface area contributed by atoms with Crippen molar-refractivity contribution in [2.45, 2.75) is 19.3 Å². The van der Waals surface area contributed by atoms with Crippen LogP contribution in [0.5, 0.6) is 0 Å². The average Bonchev–Trinajstić information content (AvgIpc) is 3.42. The molecule has 1 fully saturated rings. The zero-order chi connectivity index (χ0) is 20.9. The minimum Gasteiger partial charge on any atom is -0.312 e. The van der Waals surface area contributed by atoms with Crippen LogP contribution in [0.25, 0.3) is 11.3 Å². The summed E-state index contributed by atoms with van der Waals surface area (Å²) in [6, 6.07) is 17.6. The number of hydrogen-bond donors (Lipinski definition) is 0. The second-order valence-electron chi connectivity index (χ2n) is 7.17. The molecule has 2 heterocycles. The smallest absolute Gasteiger partial charge is 0.233 e. The monoisotopic (exact) mass is 417 g/mol. The fourth-order valence-corrected chi connectivity index (χ4v) is 4.39. The van der Waals surface area contributed by atoms with E-state index >= 15 is 0 Å².